The van der Waals surface area contributed by atoms with Crippen molar-refractivity contribution in [1.82, 2.24) is 4.98 Å². The standard InChI is InChI=1S/C16H14N2O4S2/c1-9(14(19)21-2)22-15(20)12-8-11-13(23-12)18-16(24-11)17-10-6-4-3-5-7-10/h3-9H,1-2H3,(H,17,18)/t9-/m0/s1. The maximum atomic E-state index is 12.1. The van der Waals surface area contributed by atoms with Gasteiger partial charge in [-0.1, -0.05) is 29.5 Å². The minimum absolute atomic E-state index is 0.408. The fraction of sp³-hybridized carbons (Fsp3) is 0.188. The zero-order valence-corrected chi connectivity index (χ0v) is 14.6. The van der Waals surface area contributed by atoms with Gasteiger partial charge in [0.1, 0.15) is 9.71 Å². The molecule has 8 heteroatoms. The van der Waals surface area contributed by atoms with Crippen molar-refractivity contribution in [2.24, 2.45) is 0 Å². The Kier molecular flexibility index (Phi) is 4.77. The molecule has 2 heterocycles. The Morgan fingerprint density at radius 3 is 2.62 bits per heavy atom. The lowest BCUT2D eigenvalue weighted by Crippen LogP contribution is -2.24. The third kappa shape index (κ3) is 3.55. The number of esters is 2. The van der Waals surface area contributed by atoms with Gasteiger partial charge in [-0.2, -0.15) is 0 Å². The van der Waals surface area contributed by atoms with Crippen molar-refractivity contribution < 1.29 is 19.1 Å². The Labute approximate surface area is 146 Å². The van der Waals surface area contributed by atoms with Crippen molar-refractivity contribution >= 4 is 55.0 Å². The number of methoxy groups -OCH3 is 1. The van der Waals surface area contributed by atoms with Gasteiger partial charge in [0.2, 0.25) is 0 Å². The highest BCUT2D eigenvalue weighted by atomic mass is 32.1. The molecule has 0 amide bonds. The van der Waals surface area contributed by atoms with E-state index in [1.807, 2.05) is 30.3 Å². The number of fused-ring (bicyclic) bond motifs is 1. The number of para-hydroxylation sites is 1. The molecule has 1 N–H and O–H groups in total. The van der Waals surface area contributed by atoms with E-state index in [1.54, 1.807) is 6.07 Å². The van der Waals surface area contributed by atoms with E-state index in [1.165, 1.54) is 36.7 Å². The summed E-state index contributed by atoms with van der Waals surface area (Å²) in [6.07, 6.45) is -0.939. The highest BCUT2D eigenvalue weighted by Gasteiger charge is 2.21. The zero-order chi connectivity index (χ0) is 17.1. The third-order valence-corrected chi connectivity index (χ3v) is 5.19. The van der Waals surface area contributed by atoms with Gasteiger partial charge in [-0.25, -0.2) is 14.6 Å². The number of anilines is 2. The van der Waals surface area contributed by atoms with E-state index in [2.05, 4.69) is 15.0 Å². The molecule has 0 radical (unpaired) electrons. The molecular formula is C16H14N2O4S2. The summed E-state index contributed by atoms with van der Waals surface area (Å²) in [6, 6.07) is 11.4. The number of benzene rings is 1. The van der Waals surface area contributed by atoms with E-state index in [0.29, 0.717) is 4.88 Å². The van der Waals surface area contributed by atoms with Gasteiger partial charge in [-0.05, 0) is 25.1 Å². The summed E-state index contributed by atoms with van der Waals surface area (Å²) in [7, 11) is 1.25. The number of hydrogen-bond donors (Lipinski definition) is 1. The van der Waals surface area contributed by atoms with Gasteiger partial charge in [0.25, 0.3) is 0 Å². The van der Waals surface area contributed by atoms with Crippen LogP contribution in [0.1, 0.15) is 16.6 Å². The average Bonchev–Trinajstić information content (AvgIpc) is 3.13. The minimum Gasteiger partial charge on any atom is -0.466 e. The van der Waals surface area contributed by atoms with Crippen molar-refractivity contribution in [2.45, 2.75) is 13.0 Å². The Hall–Kier alpha value is -2.45. The maximum absolute atomic E-state index is 12.1. The van der Waals surface area contributed by atoms with Crippen LogP contribution in [0.5, 0.6) is 0 Å². The summed E-state index contributed by atoms with van der Waals surface area (Å²) < 4.78 is 10.5. The van der Waals surface area contributed by atoms with Crippen molar-refractivity contribution in [3.8, 4) is 0 Å². The fourth-order valence-corrected chi connectivity index (χ4v) is 3.99. The molecule has 6 nitrogen and oxygen atoms in total. The molecule has 0 aliphatic carbocycles. The summed E-state index contributed by atoms with van der Waals surface area (Å²) in [5.74, 6) is -1.14. The first-order valence-electron chi connectivity index (χ1n) is 7.08. The number of rotatable bonds is 5. The second-order valence-electron chi connectivity index (χ2n) is 4.86. The van der Waals surface area contributed by atoms with Crippen LogP contribution in [0.15, 0.2) is 36.4 Å². The highest BCUT2D eigenvalue weighted by Crippen LogP contribution is 2.34. The second kappa shape index (κ2) is 6.98. The number of carbonyl (C=O) groups is 2. The van der Waals surface area contributed by atoms with Gasteiger partial charge in [0, 0.05) is 5.69 Å². The van der Waals surface area contributed by atoms with E-state index in [0.717, 1.165) is 20.3 Å². The number of thiophene rings is 1. The third-order valence-electron chi connectivity index (χ3n) is 3.13. The SMILES string of the molecule is COC(=O)[C@H](C)OC(=O)c1cc2sc(Nc3ccccc3)nc2s1. The van der Waals surface area contributed by atoms with Gasteiger partial charge in [-0.3, -0.25) is 0 Å². The van der Waals surface area contributed by atoms with Gasteiger partial charge in [-0.15, -0.1) is 11.3 Å². The second-order valence-corrected chi connectivity index (χ2v) is 6.92. The van der Waals surface area contributed by atoms with E-state index in [4.69, 9.17) is 4.74 Å². The monoisotopic (exact) mass is 362 g/mol. The normalized spacial score (nSPS) is 11.9. The first-order valence-corrected chi connectivity index (χ1v) is 8.71. The number of ether oxygens (including phenoxy) is 2. The molecule has 0 saturated carbocycles. The van der Waals surface area contributed by atoms with Gasteiger partial charge in [0.15, 0.2) is 11.2 Å². The van der Waals surface area contributed by atoms with Crippen molar-refractivity contribution in [3.05, 3.63) is 41.3 Å². The lowest BCUT2D eigenvalue weighted by molar-refractivity contribution is -0.149. The van der Waals surface area contributed by atoms with Crippen molar-refractivity contribution in [3.63, 3.8) is 0 Å². The molecule has 124 valence electrons. The van der Waals surface area contributed by atoms with Crippen LogP contribution in [0.25, 0.3) is 9.53 Å². The van der Waals surface area contributed by atoms with E-state index in [-0.39, 0.29) is 0 Å². The average molecular weight is 362 g/mol. The minimum atomic E-state index is -0.939. The fourth-order valence-electron chi connectivity index (χ4n) is 1.97. The van der Waals surface area contributed by atoms with E-state index in [9.17, 15) is 9.59 Å². The molecule has 0 aliphatic heterocycles. The lowest BCUT2D eigenvalue weighted by atomic mass is 10.3. The van der Waals surface area contributed by atoms with Gasteiger partial charge in [0.05, 0.1) is 11.8 Å². The molecule has 0 spiro atoms. The molecule has 0 aliphatic rings. The van der Waals surface area contributed by atoms with Crippen LogP contribution in [0.4, 0.5) is 10.8 Å². The Bertz CT molecular complexity index is 841. The van der Waals surface area contributed by atoms with Gasteiger partial charge >= 0.3 is 11.9 Å². The molecule has 1 aromatic carbocycles. The summed E-state index contributed by atoms with van der Waals surface area (Å²) >= 11 is 2.68. The Balaban J connectivity index is 1.72. The van der Waals surface area contributed by atoms with Crippen LogP contribution >= 0.6 is 22.7 Å². The number of hydrogen-bond acceptors (Lipinski definition) is 8. The molecule has 3 aromatic rings. The van der Waals surface area contributed by atoms with Crippen LogP contribution in [-0.2, 0) is 14.3 Å². The molecule has 0 saturated heterocycles. The number of aromatic nitrogens is 1. The molecule has 1 atom stereocenters. The summed E-state index contributed by atoms with van der Waals surface area (Å²) in [5, 5.41) is 3.97. The zero-order valence-electron chi connectivity index (χ0n) is 12.9. The van der Waals surface area contributed by atoms with Crippen LogP contribution in [0.2, 0.25) is 0 Å². The highest BCUT2D eigenvalue weighted by molar-refractivity contribution is 7.29. The largest absolute Gasteiger partial charge is 0.466 e. The smallest absolute Gasteiger partial charge is 0.349 e. The Morgan fingerprint density at radius 2 is 1.96 bits per heavy atom. The quantitative estimate of drug-likeness (QED) is 0.695. The van der Waals surface area contributed by atoms with E-state index >= 15 is 0 Å². The summed E-state index contributed by atoms with van der Waals surface area (Å²) in [4.78, 5) is 29.0. The van der Waals surface area contributed by atoms with Gasteiger partial charge < -0.3 is 14.8 Å². The first kappa shape index (κ1) is 16.4. The number of thiazole rings is 1. The van der Waals surface area contributed by atoms with Crippen LogP contribution < -0.4 is 5.32 Å². The predicted octanol–water partition coefficient (Wildman–Crippen LogP) is 3.82. The van der Waals surface area contributed by atoms with Crippen LogP contribution in [0, 0.1) is 0 Å². The number of carbonyl (C=O) groups excluding carboxylic acids is 2. The first-order chi connectivity index (χ1) is 11.6. The molecule has 24 heavy (non-hydrogen) atoms. The molecule has 3 rings (SSSR count). The molecule has 0 fully saturated rings. The predicted molar refractivity (Wildman–Crippen MR) is 94.1 cm³/mol. The summed E-state index contributed by atoms with van der Waals surface area (Å²) in [5.41, 5.74) is 0.949. The van der Waals surface area contributed by atoms with Crippen LogP contribution in [0.3, 0.4) is 0 Å². The Morgan fingerprint density at radius 1 is 1.21 bits per heavy atom. The number of nitrogens with zero attached hydrogens (tertiary/aromatic N) is 1. The molecular weight excluding hydrogens is 348 g/mol. The van der Waals surface area contributed by atoms with Crippen LogP contribution in [-0.4, -0.2) is 30.1 Å². The molecule has 0 bridgehead atoms. The molecule has 0 unspecified atom stereocenters. The number of nitrogens with one attached hydrogen (secondary N) is 1. The van der Waals surface area contributed by atoms with Crippen molar-refractivity contribution in [2.75, 3.05) is 12.4 Å². The lowest BCUT2D eigenvalue weighted by Gasteiger charge is -2.09. The maximum Gasteiger partial charge on any atom is 0.349 e. The molecule has 2 aromatic heterocycles. The van der Waals surface area contributed by atoms with E-state index < -0.39 is 18.0 Å². The van der Waals surface area contributed by atoms with Crippen molar-refractivity contribution in [1.29, 1.82) is 0 Å². The summed E-state index contributed by atoms with van der Waals surface area (Å²) in [6.45, 7) is 1.47. The topological polar surface area (TPSA) is 77.5 Å².